The molecule has 2 aromatic rings. The number of nitrogens with zero attached hydrogens (tertiary/aromatic N) is 2. The van der Waals surface area contributed by atoms with E-state index in [1.807, 2.05) is 24.7 Å². The third-order valence-electron chi connectivity index (χ3n) is 7.46. The number of fused-ring (bicyclic) bond motifs is 7. The molecule has 1 aromatic carbocycles. The van der Waals surface area contributed by atoms with Gasteiger partial charge in [-0.05, 0) is 55.7 Å². The number of ketones is 1. The number of carbonyl (C=O) groups excluding carboxylic acids is 2. The second-order valence-electron chi connectivity index (χ2n) is 8.60. The first kappa shape index (κ1) is 17.2. The summed E-state index contributed by atoms with van der Waals surface area (Å²) < 4.78 is 2.14. The fourth-order valence-electron chi connectivity index (χ4n) is 5.72. The molecule has 2 heterocycles. The van der Waals surface area contributed by atoms with E-state index in [4.69, 9.17) is 11.6 Å². The van der Waals surface area contributed by atoms with Crippen molar-refractivity contribution in [3.63, 3.8) is 0 Å². The van der Waals surface area contributed by atoms with Crippen LogP contribution in [0.3, 0.4) is 0 Å². The summed E-state index contributed by atoms with van der Waals surface area (Å²) in [4.78, 5) is 29.8. The van der Waals surface area contributed by atoms with Crippen molar-refractivity contribution in [3.05, 3.63) is 42.4 Å². The summed E-state index contributed by atoms with van der Waals surface area (Å²) in [5.74, 6) is 0.348. The largest absolute Gasteiger partial charge is 0.323 e. The van der Waals surface area contributed by atoms with Gasteiger partial charge in [0, 0.05) is 22.8 Å². The van der Waals surface area contributed by atoms with Crippen LogP contribution >= 0.6 is 11.6 Å². The van der Waals surface area contributed by atoms with Crippen LogP contribution in [0, 0.1) is 10.8 Å². The Bertz CT molecular complexity index is 924. The Balaban J connectivity index is 1.43. The number of hydrogen-bond donors (Lipinski definition) is 0. The predicted octanol–water partition coefficient (Wildman–Crippen LogP) is 4.91. The van der Waals surface area contributed by atoms with Gasteiger partial charge in [-0.15, -0.1) is 0 Å². The highest BCUT2D eigenvalue weighted by molar-refractivity contribution is 6.64. The van der Waals surface area contributed by atoms with Gasteiger partial charge in [0.25, 0.3) is 0 Å². The number of Topliss-reactive ketones (excluding diaryl/α,β-unsaturated/α-hetero) is 1. The molecule has 3 aliphatic carbocycles. The first-order valence-corrected chi connectivity index (χ1v) is 10.3. The van der Waals surface area contributed by atoms with Crippen LogP contribution in [-0.4, -0.2) is 20.6 Å². The van der Waals surface area contributed by atoms with Crippen LogP contribution in [0.4, 0.5) is 0 Å². The first-order valence-electron chi connectivity index (χ1n) is 9.89. The molecule has 0 saturated heterocycles. The third kappa shape index (κ3) is 2.46. The summed E-state index contributed by atoms with van der Waals surface area (Å²) in [7, 11) is 0. The Morgan fingerprint density at radius 2 is 1.78 bits per heavy atom. The van der Waals surface area contributed by atoms with E-state index in [0.717, 1.165) is 50.6 Å². The van der Waals surface area contributed by atoms with Crippen LogP contribution in [0.1, 0.15) is 63.0 Å². The summed E-state index contributed by atoms with van der Waals surface area (Å²) >= 11 is 5.94. The van der Waals surface area contributed by atoms with Gasteiger partial charge in [-0.2, -0.15) is 0 Å². The smallest absolute Gasteiger partial charge is 0.227 e. The van der Waals surface area contributed by atoms with Crippen LogP contribution in [0.2, 0.25) is 0 Å². The maximum atomic E-state index is 13.5. The molecule has 0 amide bonds. The van der Waals surface area contributed by atoms with Gasteiger partial charge in [0.1, 0.15) is 5.78 Å². The number of benzene rings is 1. The minimum absolute atomic E-state index is 0.0326. The van der Waals surface area contributed by atoms with Crippen LogP contribution in [0.15, 0.2) is 36.8 Å². The van der Waals surface area contributed by atoms with E-state index >= 15 is 0 Å². The topological polar surface area (TPSA) is 52.0 Å². The average Bonchev–Trinajstić information content (AvgIpc) is 3.12. The van der Waals surface area contributed by atoms with Crippen molar-refractivity contribution in [2.45, 2.75) is 57.4 Å². The number of aromatic nitrogens is 2. The van der Waals surface area contributed by atoms with E-state index in [-0.39, 0.29) is 22.1 Å². The highest BCUT2D eigenvalue weighted by Crippen LogP contribution is 2.56. The van der Waals surface area contributed by atoms with Crippen molar-refractivity contribution in [1.29, 1.82) is 0 Å². The molecule has 1 aromatic heterocycles. The highest BCUT2D eigenvalue weighted by Gasteiger charge is 2.52. The van der Waals surface area contributed by atoms with Crippen molar-refractivity contribution in [2.75, 3.05) is 0 Å². The second-order valence-corrected chi connectivity index (χ2v) is 8.95. The Kier molecular flexibility index (Phi) is 3.84. The molecule has 3 fully saturated rings. The second kappa shape index (κ2) is 6.03. The fourth-order valence-corrected chi connectivity index (χ4v) is 6.00. The van der Waals surface area contributed by atoms with Gasteiger partial charge in [-0.25, -0.2) is 4.98 Å². The van der Waals surface area contributed by atoms with Gasteiger partial charge in [0.15, 0.2) is 0 Å². The van der Waals surface area contributed by atoms with Gasteiger partial charge < -0.3 is 4.57 Å². The van der Waals surface area contributed by atoms with Gasteiger partial charge in [0.05, 0.1) is 24.3 Å². The Morgan fingerprint density at radius 1 is 1.07 bits per heavy atom. The van der Waals surface area contributed by atoms with E-state index in [2.05, 4.69) is 21.7 Å². The lowest BCUT2D eigenvalue weighted by atomic mass is 9.63. The molecular weight excluding hydrogens is 360 g/mol. The molecule has 1 aliphatic heterocycles. The van der Waals surface area contributed by atoms with Gasteiger partial charge in [-0.3, -0.25) is 9.59 Å². The zero-order chi connectivity index (χ0) is 18.6. The quantitative estimate of drug-likeness (QED) is 0.706. The van der Waals surface area contributed by atoms with Crippen molar-refractivity contribution >= 4 is 22.6 Å². The molecule has 1 atom stereocenters. The van der Waals surface area contributed by atoms with Gasteiger partial charge in [0.2, 0.25) is 5.24 Å². The summed E-state index contributed by atoms with van der Waals surface area (Å²) in [5, 5.41) is -0.196. The van der Waals surface area contributed by atoms with Gasteiger partial charge >= 0.3 is 0 Å². The first-order chi connectivity index (χ1) is 13.0. The van der Waals surface area contributed by atoms with Crippen molar-refractivity contribution in [1.82, 2.24) is 9.55 Å². The van der Waals surface area contributed by atoms with E-state index < -0.39 is 0 Å². The minimum atomic E-state index is -0.376. The summed E-state index contributed by atoms with van der Waals surface area (Å²) in [6.07, 6.45) is 10.0. The lowest BCUT2D eigenvalue weighted by Gasteiger charge is -2.40. The molecule has 0 N–H and O–H groups in total. The van der Waals surface area contributed by atoms with Crippen LogP contribution < -0.4 is 0 Å². The molecular formula is C22H23ClN2O2. The number of imidazole rings is 1. The maximum Gasteiger partial charge on any atom is 0.227 e. The molecule has 140 valence electrons. The summed E-state index contributed by atoms with van der Waals surface area (Å²) in [6.45, 7) is 0. The van der Waals surface area contributed by atoms with Crippen molar-refractivity contribution < 1.29 is 9.59 Å². The molecule has 27 heavy (non-hydrogen) atoms. The third-order valence-corrected chi connectivity index (χ3v) is 7.86. The van der Waals surface area contributed by atoms with E-state index in [1.165, 1.54) is 11.1 Å². The van der Waals surface area contributed by atoms with E-state index in [0.29, 0.717) is 12.2 Å². The normalized spacial score (nSPS) is 31.2. The molecule has 1 unspecified atom stereocenters. The highest BCUT2D eigenvalue weighted by atomic mass is 35.5. The number of carbonyl (C=O) groups is 2. The molecule has 3 saturated carbocycles. The zero-order valence-electron chi connectivity index (χ0n) is 15.3. The monoisotopic (exact) mass is 382 g/mol. The fraction of sp³-hybridized carbons (Fsp3) is 0.500. The Labute approximate surface area is 163 Å². The average molecular weight is 383 g/mol. The molecule has 0 radical (unpaired) electrons. The number of halogens is 1. The molecule has 0 spiro atoms. The van der Waals surface area contributed by atoms with Crippen LogP contribution in [0.5, 0.6) is 0 Å². The lowest BCUT2D eigenvalue weighted by molar-refractivity contribution is -0.134. The van der Waals surface area contributed by atoms with Crippen LogP contribution in [-0.2, 0) is 9.59 Å². The molecule has 4 aliphatic rings. The van der Waals surface area contributed by atoms with Crippen molar-refractivity contribution in [2.24, 2.45) is 10.8 Å². The van der Waals surface area contributed by atoms with E-state index in [9.17, 15) is 9.59 Å². The summed E-state index contributed by atoms with van der Waals surface area (Å²) in [6, 6.07) is 8.35. The van der Waals surface area contributed by atoms with Crippen LogP contribution in [0.25, 0.3) is 11.3 Å². The standard InChI is InChI=1S/C22H23ClN2O2/c23-20(27)22-7-3-6-21(8-10-22,9-11-22)19(26)12-17-15-4-1-2-5-16(15)18-13-24-14-25(17)18/h1-2,4-5,13-14,17H,3,6-12H2. The number of hydrogen-bond acceptors (Lipinski definition) is 3. The number of rotatable bonds is 4. The molecule has 6 rings (SSSR count). The van der Waals surface area contributed by atoms with E-state index in [1.54, 1.807) is 0 Å². The predicted molar refractivity (Wildman–Crippen MR) is 103 cm³/mol. The molecule has 5 heteroatoms. The maximum absolute atomic E-state index is 13.5. The molecule has 2 bridgehead atoms. The lowest BCUT2D eigenvalue weighted by Crippen LogP contribution is -2.39. The summed E-state index contributed by atoms with van der Waals surface area (Å²) in [5.41, 5.74) is 2.84. The Hall–Kier alpha value is -1.94. The van der Waals surface area contributed by atoms with Gasteiger partial charge in [-0.1, -0.05) is 30.7 Å². The SMILES string of the molecule is O=C(Cl)C12CCCC(C(=O)CC3c4ccccc4-c4cncn43)(CC1)CC2. The minimum Gasteiger partial charge on any atom is -0.323 e. The molecule has 4 nitrogen and oxygen atoms in total. The Morgan fingerprint density at radius 3 is 2.56 bits per heavy atom. The zero-order valence-corrected chi connectivity index (χ0v) is 16.0. The van der Waals surface area contributed by atoms with Crippen molar-refractivity contribution in [3.8, 4) is 11.3 Å².